The Hall–Kier alpha value is -0.506. The number of benzene rings is 1. The van der Waals surface area contributed by atoms with Crippen LogP contribution in [0.2, 0.25) is 39.3 Å². The summed E-state index contributed by atoms with van der Waals surface area (Å²) in [6.07, 6.45) is 0. The molecule has 1 aromatic carbocycles. The van der Waals surface area contributed by atoms with Gasteiger partial charge in [-0.3, -0.25) is 0 Å². The Morgan fingerprint density at radius 1 is 0.958 bits per heavy atom. The van der Waals surface area contributed by atoms with Crippen LogP contribution in [0.15, 0.2) is 30.3 Å². The summed E-state index contributed by atoms with van der Waals surface area (Å²) < 4.78 is 19.7. The zero-order chi connectivity index (χ0) is 18.2. The Bertz CT molecular complexity index is 556. The summed E-state index contributed by atoms with van der Waals surface area (Å²) in [6.45, 7) is 16.1. The summed E-state index contributed by atoms with van der Waals surface area (Å²) in [5, 5.41) is 3.57. The molecule has 1 N–H and O–H groups in total. The SMILES string of the molecule is COC1(O[Si](C)(C)C)C(C)NCC1(O[Si](C)(C)C)c1ccccc1. The molecule has 3 unspecified atom stereocenters. The molecule has 0 spiro atoms. The van der Waals surface area contributed by atoms with E-state index in [4.69, 9.17) is 13.6 Å². The van der Waals surface area contributed by atoms with Gasteiger partial charge >= 0.3 is 0 Å². The highest BCUT2D eigenvalue weighted by Crippen LogP contribution is 2.48. The molecule has 0 bridgehead atoms. The normalized spacial score (nSPS) is 31.4. The maximum absolute atomic E-state index is 6.84. The highest BCUT2D eigenvalue weighted by Gasteiger charge is 2.65. The molecular formula is C18H33NO3Si2. The Morgan fingerprint density at radius 2 is 1.50 bits per heavy atom. The van der Waals surface area contributed by atoms with Crippen LogP contribution in [0.1, 0.15) is 12.5 Å². The Kier molecular flexibility index (Phi) is 5.50. The predicted octanol–water partition coefficient (Wildman–Crippen LogP) is 3.92. The van der Waals surface area contributed by atoms with Crippen LogP contribution in [0.4, 0.5) is 0 Å². The van der Waals surface area contributed by atoms with E-state index >= 15 is 0 Å². The van der Waals surface area contributed by atoms with E-state index < -0.39 is 28.0 Å². The second-order valence-electron chi connectivity index (χ2n) is 8.60. The molecule has 136 valence electrons. The maximum Gasteiger partial charge on any atom is 0.208 e. The maximum atomic E-state index is 6.84. The first-order chi connectivity index (χ1) is 11.0. The molecule has 4 nitrogen and oxygen atoms in total. The Labute approximate surface area is 149 Å². The summed E-state index contributed by atoms with van der Waals surface area (Å²) in [6, 6.07) is 10.4. The van der Waals surface area contributed by atoms with Gasteiger partial charge in [0, 0.05) is 13.7 Å². The fourth-order valence-electron chi connectivity index (χ4n) is 3.61. The molecule has 1 saturated heterocycles. The van der Waals surface area contributed by atoms with E-state index in [9.17, 15) is 0 Å². The van der Waals surface area contributed by atoms with Gasteiger partial charge in [0.15, 0.2) is 16.6 Å². The van der Waals surface area contributed by atoms with Crippen molar-refractivity contribution in [1.82, 2.24) is 5.32 Å². The van der Waals surface area contributed by atoms with Gasteiger partial charge in [-0.2, -0.15) is 0 Å². The lowest BCUT2D eigenvalue weighted by molar-refractivity contribution is -0.261. The van der Waals surface area contributed by atoms with E-state index in [-0.39, 0.29) is 6.04 Å². The first kappa shape index (κ1) is 19.8. The zero-order valence-electron chi connectivity index (χ0n) is 16.4. The van der Waals surface area contributed by atoms with Crippen LogP contribution in [-0.2, 0) is 19.2 Å². The number of hydrogen-bond donors (Lipinski definition) is 1. The van der Waals surface area contributed by atoms with E-state index in [0.29, 0.717) is 6.54 Å². The Balaban J connectivity index is 2.66. The molecule has 0 amide bonds. The van der Waals surface area contributed by atoms with Crippen molar-refractivity contribution >= 4 is 16.6 Å². The van der Waals surface area contributed by atoms with Crippen LogP contribution in [0.25, 0.3) is 0 Å². The van der Waals surface area contributed by atoms with Gasteiger partial charge in [-0.15, -0.1) is 0 Å². The van der Waals surface area contributed by atoms with Gasteiger partial charge in [0.2, 0.25) is 5.79 Å². The fraction of sp³-hybridized carbons (Fsp3) is 0.667. The summed E-state index contributed by atoms with van der Waals surface area (Å²) in [5.41, 5.74) is 0.470. The standard InChI is InChI=1S/C18H33NO3Si2/c1-15-18(20-2,22-24(6,7)8)17(14-19-15,21-23(3,4)5)16-12-10-9-11-13-16/h9-13,15,19H,14H2,1-8H3. The van der Waals surface area contributed by atoms with Gasteiger partial charge < -0.3 is 18.9 Å². The lowest BCUT2D eigenvalue weighted by Gasteiger charge is -2.50. The summed E-state index contributed by atoms with van der Waals surface area (Å²) >= 11 is 0. The van der Waals surface area contributed by atoms with Gasteiger partial charge in [0.05, 0.1) is 6.04 Å². The van der Waals surface area contributed by atoms with Crippen LogP contribution in [-0.4, -0.2) is 42.1 Å². The molecule has 3 atom stereocenters. The molecule has 1 heterocycles. The van der Waals surface area contributed by atoms with Crippen molar-refractivity contribution in [3.63, 3.8) is 0 Å². The summed E-state index contributed by atoms with van der Waals surface area (Å²) in [4.78, 5) is 0. The van der Waals surface area contributed by atoms with Gasteiger partial charge in [0.25, 0.3) is 0 Å². The van der Waals surface area contributed by atoms with Crippen molar-refractivity contribution in [1.29, 1.82) is 0 Å². The minimum atomic E-state index is -1.88. The van der Waals surface area contributed by atoms with Crippen LogP contribution in [0.3, 0.4) is 0 Å². The monoisotopic (exact) mass is 367 g/mol. The Morgan fingerprint density at radius 3 is 1.96 bits per heavy atom. The van der Waals surface area contributed by atoms with Crippen LogP contribution in [0, 0.1) is 0 Å². The average Bonchev–Trinajstić information content (AvgIpc) is 2.72. The third-order valence-corrected chi connectivity index (χ3v) is 6.15. The third-order valence-electron chi connectivity index (χ3n) is 4.27. The first-order valence-electron chi connectivity index (χ1n) is 8.70. The fourth-order valence-corrected chi connectivity index (χ4v) is 6.32. The summed E-state index contributed by atoms with van der Waals surface area (Å²) in [5.74, 6) is -0.834. The number of ether oxygens (including phenoxy) is 1. The molecule has 1 aliphatic rings. The van der Waals surface area contributed by atoms with Crippen molar-refractivity contribution < 1.29 is 13.6 Å². The zero-order valence-corrected chi connectivity index (χ0v) is 18.4. The molecule has 6 heteroatoms. The highest BCUT2D eigenvalue weighted by atomic mass is 28.4. The minimum Gasteiger partial charge on any atom is -0.402 e. The largest absolute Gasteiger partial charge is 0.402 e. The third kappa shape index (κ3) is 3.69. The molecule has 0 radical (unpaired) electrons. The van der Waals surface area contributed by atoms with Gasteiger partial charge in [-0.05, 0) is 51.8 Å². The van der Waals surface area contributed by atoms with Crippen molar-refractivity contribution in [2.75, 3.05) is 13.7 Å². The van der Waals surface area contributed by atoms with Gasteiger partial charge in [0.1, 0.15) is 5.60 Å². The second kappa shape index (κ2) is 6.66. The quantitative estimate of drug-likeness (QED) is 0.611. The van der Waals surface area contributed by atoms with Crippen LogP contribution >= 0.6 is 0 Å². The predicted molar refractivity (Wildman–Crippen MR) is 104 cm³/mol. The lowest BCUT2D eigenvalue weighted by Crippen LogP contribution is -2.64. The van der Waals surface area contributed by atoms with E-state index in [1.54, 1.807) is 7.11 Å². The molecule has 24 heavy (non-hydrogen) atoms. The summed E-state index contributed by atoms with van der Waals surface area (Å²) in [7, 11) is -2.01. The topological polar surface area (TPSA) is 39.7 Å². The molecular weight excluding hydrogens is 334 g/mol. The van der Waals surface area contributed by atoms with Crippen molar-refractivity contribution in [2.45, 2.75) is 63.6 Å². The molecule has 2 rings (SSSR count). The van der Waals surface area contributed by atoms with E-state index in [1.165, 1.54) is 0 Å². The van der Waals surface area contributed by atoms with Crippen LogP contribution in [0.5, 0.6) is 0 Å². The number of rotatable bonds is 6. The van der Waals surface area contributed by atoms with Gasteiger partial charge in [-0.25, -0.2) is 0 Å². The smallest absolute Gasteiger partial charge is 0.208 e. The molecule has 0 aliphatic carbocycles. The minimum absolute atomic E-state index is 0.0331. The molecule has 1 fully saturated rings. The van der Waals surface area contributed by atoms with E-state index in [1.807, 2.05) is 6.07 Å². The molecule has 1 aromatic rings. The number of hydrogen-bond acceptors (Lipinski definition) is 4. The molecule has 0 aromatic heterocycles. The highest BCUT2D eigenvalue weighted by molar-refractivity contribution is 6.70. The van der Waals surface area contributed by atoms with Crippen molar-refractivity contribution in [3.05, 3.63) is 35.9 Å². The average molecular weight is 368 g/mol. The number of nitrogens with one attached hydrogen (secondary N) is 1. The lowest BCUT2D eigenvalue weighted by atomic mass is 9.85. The van der Waals surface area contributed by atoms with Crippen molar-refractivity contribution in [3.8, 4) is 0 Å². The van der Waals surface area contributed by atoms with E-state index in [0.717, 1.165) is 5.56 Å². The van der Waals surface area contributed by atoms with Crippen molar-refractivity contribution in [2.24, 2.45) is 0 Å². The second-order valence-corrected chi connectivity index (χ2v) is 17.5. The first-order valence-corrected chi connectivity index (χ1v) is 15.5. The van der Waals surface area contributed by atoms with E-state index in [2.05, 4.69) is 75.8 Å². The molecule has 0 saturated carbocycles. The molecule has 1 aliphatic heterocycles. The van der Waals surface area contributed by atoms with Gasteiger partial charge in [-0.1, -0.05) is 30.3 Å². The van der Waals surface area contributed by atoms with Crippen LogP contribution < -0.4 is 5.32 Å². The number of methoxy groups -OCH3 is 1.